The Hall–Kier alpha value is -1.75. The van der Waals surface area contributed by atoms with Crippen LogP contribution in [0.3, 0.4) is 0 Å². The molecular formula is C12H17N5. The van der Waals surface area contributed by atoms with E-state index in [-0.39, 0.29) is 6.04 Å². The second-order valence-corrected chi connectivity index (χ2v) is 4.41. The van der Waals surface area contributed by atoms with E-state index in [0.717, 1.165) is 23.4 Å². The summed E-state index contributed by atoms with van der Waals surface area (Å²) < 4.78 is 1.74. The zero-order valence-corrected chi connectivity index (χ0v) is 10.4. The molecule has 2 aromatic rings. The van der Waals surface area contributed by atoms with Crippen molar-refractivity contribution >= 4 is 0 Å². The smallest absolute Gasteiger partial charge is 0.162 e. The minimum atomic E-state index is 0.103. The highest BCUT2D eigenvalue weighted by Gasteiger charge is 2.08. The lowest BCUT2D eigenvalue weighted by Gasteiger charge is -2.06. The minimum Gasteiger partial charge on any atom is -0.328 e. The van der Waals surface area contributed by atoms with Crippen LogP contribution in [0.2, 0.25) is 0 Å². The van der Waals surface area contributed by atoms with Crippen LogP contribution in [0.5, 0.6) is 0 Å². The Labute approximate surface area is 101 Å². The van der Waals surface area contributed by atoms with E-state index in [1.165, 1.54) is 0 Å². The number of aryl methyl sites for hydroxylation is 2. The molecule has 2 heterocycles. The molecule has 0 aromatic carbocycles. The maximum Gasteiger partial charge on any atom is 0.162 e. The van der Waals surface area contributed by atoms with E-state index >= 15 is 0 Å². The normalized spacial score (nSPS) is 12.7. The molecule has 17 heavy (non-hydrogen) atoms. The molecule has 0 aliphatic carbocycles. The Balaban J connectivity index is 2.37. The van der Waals surface area contributed by atoms with Crippen molar-refractivity contribution in [1.82, 2.24) is 19.7 Å². The monoisotopic (exact) mass is 231 g/mol. The molecule has 0 spiro atoms. The quantitative estimate of drug-likeness (QED) is 0.858. The molecule has 1 unspecified atom stereocenters. The second kappa shape index (κ2) is 4.63. The van der Waals surface area contributed by atoms with Gasteiger partial charge in [-0.05, 0) is 19.9 Å². The Morgan fingerprint density at radius 1 is 1.41 bits per heavy atom. The van der Waals surface area contributed by atoms with Gasteiger partial charge in [0.1, 0.15) is 0 Å². The first-order chi connectivity index (χ1) is 8.04. The van der Waals surface area contributed by atoms with Crippen LogP contribution in [0.4, 0.5) is 0 Å². The number of hydrogen-bond donors (Lipinski definition) is 1. The summed E-state index contributed by atoms with van der Waals surface area (Å²) in [5.41, 5.74) is 8.65. The van der Waals surface area contributed by atoms with E-state index in [1.807, 2.05) is 33.2 Å². The molecule has 0 aliphatic heterocycles. The predicted molar refractivity (Wildman–Crippen MR) is 66.3 cm³/mol. The summed E-state index contributed by atoms with van der Waals surface area (Å²) in [5, 5.41) is 4.13. The van der Waals surface area contributed by atoms with Crippen LogP contribution < -0.4 is 5.73 Å². The van der Waals surface area contributed by atoms with Gasteiger partial charge >= 0.3 is 0 Å². The van der Waals surface area contributed by atoms with Crippen LogP contribution >= 0.6 is 0 Å². The number of aromatic nitrogens is 4. The van der Waals surface area contributed by atoms with Crippen LogP contribution in [0.1, 0.15) is 18.3 Å². The molecule has 2 aromatic heterocycles. The van der Waals surface area contributed by atoms with Gasteiger partial charge in [-0.2, -0.15) is 5.10 Å². The zero-order chi connectivity index (χ0) is 12.4. The Morgan fingerprint density at radius 3 is 2.76 bits per heavy atom. The molecule has 1 atom stereocenters. The molecule has 0 saturated heterocycles. The Bertz CT molecular complexity index is 515. The third kappa shape index (κ3) is 2.88. The summed E-state index contributed by atoms with van der Waals surface area (Å²) in [7, 11) is 1.88. The number of nitrogens with two attached hydrogens (primary N) is 1. The molecule has 0 radical (unpaired) electrons. The van der Waals surface area contributed by atoms with Gasteiger partial charge < -0.3 is 5.73 Å². The highest BCUT2D eigenvalue weighted by Crippen LogP contribution is 2.15. The molecule has 90 valence electrons. The lowest BCUT2D eigenvalue weighted by atomic mass is 10.1. The van der Waals surface area contributed by atoms with Crippen LogP contribution in [-0.4, -0.2) is 25.8 Å². The summed E-state index contributed by atoms with van der Waals surface area (Å²) in [5.74, 6) is 0.716. The minimum absolute atomic E-state index is 0.103. The fourth-order valence-electron chi connectivity index (χ4n) is 1.73. The third-order valence-corrected chi connectivity index (χ3v) is 2.40. The summed E-state index contributed by atoms with van der Waals surface area (Å²) in [6, 6.07) is 2.08. The first-order valence-corrected chi connectivity index (χ1v) is 5.64. The summed E-state index contributed by atoms with van der Waals surface area (Å²) in [6.07, 6.45) is 4.44. The van der Waals surface area contributed by atoms with Crippen LogP contribution in [-0.2, 0) is 13.5 Å². The predicted octanol–water partition coefficient (Wildman–Crippen LogP) is 1.08. The summed E-state index contributed by atoms with van der Waals surface area (Å²) in [6.45, 7) is 3.94. The van der Waals surface area contributed by atoms with Gasteiger partial charge in [-0.1, -0.05) is 0 Å². The van der Waals surface area contributed by atoms with Gasteiger partial charge in [0, 0.05) is 37.1 Å². The number of rotatable bonds is 3. The van der Waals surface area contributed by atoms with Crippen molar-refractivity contribution in [2.24, 2.45) is 12.8 Å². The van der Waals surface area contributed by atoms with E-state index in [9.17, 15) is 0 Å². The second-order valence-electron chi connectivity index (χ2n) is 4.41. The number of nitrogens with zero attached hydrogens (tertiary/aromatic N) is 4. The van der Waals surface area contributed by atoms with Gasteiger partial charge in [-0.3, -0.25) is 4.68 Å². The molecule has 0 amide bonds. The molecule has 0 saturated carbocycles. The fourth-order valence-corrected chi connectivity index (χ4v) is 1.73. The van der Waals surface area contributed by atoms with Crippen molar-refractivity contribution < 1.29 is 0 Å². The van der Waals surface area contributed by atoms with Gasteiger partial charge in [0.05, 0.1) is 11.8 Å². The van der Waals surface area contributed by atoms with E-state index in [0.29, 0.717) is 5.82 Å². The Morgan fingerprint density at radius 2 is 2.18 bits per heavy atom. The van der Waals surface area contributed by atoms with Crippen molar-refractivity contribution in [3.05, 3.63) is 29.8 Å². The third-order valence-electron chi connectivity index (χ3n) is 2.40. The van der Waals surface area contributed by atoms with E-state index in [2.05, 4.69) is 15.1 Å². The summed E-state index contributed by atoms with van der Waals surface area (Å²) >= 11 is 0. The lowest BCUT2D eigenvalue weighted by Crippen LogP contribution is -2.19. The molecule has 5 nitrogen and oxygen atoms in total. The van der Waals surface area contributed by atoms with Crippen molar-refractivity contribution in [3.8, 4) is 11.4 Å². The van der Waals surface area contributed by atoms with Crippen molar-refractivity contribution in [3.63, 3.8) is 0 Å². The van der Waals surface area contributed by atoms with Crippen LogP contribution in [0, 0.1) is 6.92 Å². The average molecular weight is 231 g/mol. The van der Waals surface area contributed by atoms with Crippen molar-refractivity contribution in [1.29, 1.82) is 0 Å². The molecule has 0 aliphatic rings. The number of hydrogen-bond acceptors (Lipinski definition) is 4. The van der Waals surface area contributed by atoms with Gasteiger partial charge in [-0.25, -0.2) is 9.97 Å². The standard InChI is InChI=1S/C12H17N5/c1-8(13)4-11-5-9(2)15-12(16-11)10-6-14-17(3)7-10/h5-8H,4,13H2,1-3H3. The first-order valence-electron chi connectivity index (χ1n) is 5.64. The largest absolute Gasteiger partial charge is 0.328 e. The highest BCUT2D eigenvalue weighted by atomic mass is 15.2. The molecule has 0 bridgehead atoms. The van der Waals surface area contributed by atoms with E-state index in [1.54, 1.807) is 10.9 Å². The highest BCUT2D eigenvalue weighted by molar-refractivity contribution is 5.52. The lowest BCUT2D eigenvalue weighted by molar-refractivity contribution is 0.719. The van der Waals surface area contributed by atoms with E-state index < -0.39 is 0 Å². The fraction of sp³-hybridized carbons (Fsp3) is 0.417. The maximum absolute atomic E-state index is 5.79. The first kappa shape index (κ1) is 11.7. The van der Waals surface area contributed by atoms with Crippen molar-refractivity contribution in [2.75, 3.05) is 0 Å². The average Bonchev–Trinajstić information content (AvgIpc) is 2.62. The summed E-state index contributed by atoms with van der Waals surface area (Å²) in [4.78, 5) is 8.93. The van der Waals surface area contributed by atoms with E-state index in [4.69, 9.17) is 5.73 Å². The van der Waals surface area contributed by atoms with Gasteiger partial charge in [0.25, 0.3) is 0 Å². The Kier molecular flexibility index (Phi) is 3.19. The van der Waals surface area contributed by atoms with Crippen LogP contribution in [0.15, 0.2) is 18.5 Å². The van der Waals surface area contributed by atoms with Crippen LogP contribution in [0.25, 0.3) is 11.4 Å². The topological polar surface area (TPSA) is 69.6 Å². The molecule has 5 heteroatoms. The maximum atomic E-state index is 5.79. The molecule has 2 rings (SSSR count). The van der Waals surface area contributed by atoms with Gasteiger partial charge in [0.2, 0.25) is 0 Å². The zero-order valence-electron chi connectivity index (χ0n) is 10.4. The molecule has 0 fully saturated rings. The molecular weight excluding hydrogens is 214 g/mol. The van der Waals surface area contributed by atoms with Gasteiger partial charge in [-0.15, -0.1) is 0 Å². The SMILES string of the molecule is Cc1cc(CC(C)N)nc(-c2cnn(C)c2)n1. The van der Waals surface area contributed by atoms with Gasteiger partial charge in [0.15, 0.2) is 5.82 Å². The van der Waals surface area contributed by atoms with Crippen molar-refractivity contribution in [2.45, 2.75) is 26.3 Å². The molecule has 2 N–H and O–H groups in total.